The van der Waals surface area contributed by atoms with E-state index in [1.165, 1.54) is 0 Å². The molecule has 7 heteroatoms. The van der Waals surface area contributed by atoms with Crippen LogP contribution in [0.25, 0.3) is 22.5 Å². The minimum atomic E-state index is -0.878. The maximum Gasteiger partial charge on any atom is 0.307 e. The van der Waals surface area contributed by atoms with Gasteiger partial charge < -0.3 is 14.8 Å². The molecule has 1 aliphatic rings. The number of carbonyl (C=O) groups excluding carboxylic acids is 1. The molecule has 2 unspecified atom stereocenters. The van der Waals surface area contributed by atoms with Crippen LogP contribution in [0.4, 0.5) is 11.7 Å². The van der Waals surface area contributed by atoms with E-state index in [0.29, 0.717) is 35.2 Å². The van der Waals surface area contributed by atoms with E-state index >= 15 is 0 Å². The van der Waals surface area contributed by atoms with Gasteiger partial charge in [-0.25, -0.2) is 4.98 Å². The van der Waals surface area contributed by atoms with Crippen molar-refractivity contribution in [3.8, 4) is 22.5 Å². The van der Waals surface area contributed by atoms with Crippen LogP contribution in [0.5, 0.6) is 0 Å². The molecule has 2 N–H and O–H groups in total. The van der Waals surface area contributed by atoms with Gasteiger partial charge in [0.1, 0.15) is 0 Å². The Hall–Kier alpha value is -3.90. The molecule has 1 heterocycles. The lowest BCUT2D eigenvalue weighted by Crippen LogP contribution is -2.25. The number of aromatic nitrogens is 1. The molecular weight excluding hydrogens is 464 g/mol. The number of nitrogens with zero attached hydrogens (tertiary/aromatic N) is 1. The summed E-state index contributed by atoms with van der Waals surface area (Å²) in [5.74, 6) is -1.34. The minimum Gasteiger partial charge on any atom is -0.481 e. The van der Waals surface area contributed by atoms with Crippen LogP contribution in [0.1, 0.15) is 29.6 Å². The monoisotopic (exact) mass is 486 g/mol. The summed E-state index contributed by atoms with van der Waals surface area (Å²) >= 11 is 6.02. The van der Waals surface area contributed by atoms with Gasteiger partial charge in [-0.05, 0) is 42.2 Å². The fourth-order valence-electron chi connectivity index (χ4n) is 4.59. The SMILES string of the molecule is O=C(O)C1CCCC1C(=O)c1ccc(-c2ccc(-c3cnc(Nc4cccc(Cl)c4)o3)cc2)cc1. The van der Waals surface area contributed by atoms with Crippen molar-refractivity contribution >= 4 is 35.1 Å². The van der Waals surface area contributed by atoms with Crippen molar-refractivity contribution in [2.75, 3.05) is 5.32 Å². The van der Waals surface area contributed by atoms with Gasteiger partial charge in [-0.3, -0.25) is 9.59 Å². The summed E-state index contributed by atoms with van der Waals surface area (Å²) in [5, 5.41) is 13.1. The van der Waals surface area contributed by atoms with E-state index in [1.807, 2.05) is 48.5 Å². The van der Waals surface area contributed by atoms with Gasteiger partial charge in [0.25, 0.3) is 6.01 Å². The van der Waals surface area contributed by atoms with E-state index in [9.17, 15) is 14.7 Å². The number of oxazole rings is 1. The molecule has 3 aromatic carbocycles. The maximum atomic E-state index is 12.9. The van der Waals surface area contributed by atoms with E-state index in [-0.39, 0.29) is 5.78 Å². The van der Waals surface area contributed by atoms with Gasteiger partial charge in [0.2, 0.25) is 0 Å². The number of carbonyl (C=O) groups is 2. The summed E-state index contributed by atoms with van der Waals surface area (Å²) in [7, 11) is 0. The number of ketones is 1. The van der Waals surface area contributed by atoms with E-state index in [2.05, 4.69) is 10.3 Å². The molecule has 176 valence electrons. The summed E-state index contributed by atoms with van der Waals surface area (Å²) in [6.45, 7) is 0. The molecule has 2 atom stereocenters. The highest BCUT2D eigenvalue weighted by molar-refractivity contribution is 6.30. The molecule has 0 aliphatic heterocycles. The van der Waals surface area contributed by atoms with Crippen molar-refractivity contribution in [1.29, 1.82) is 0 Å². The molecule has 1 fully saturated rings. The largest absolute Gasteiger partial charge is 0.481 e. The van der Waals surface area contributed by atoms with Gasteiger partial charge in [0.05, 0.1) is 12.1 Å². The zero-order valence-corrected chi connectivity index (χ0v) is 19.5. The predicted octanol–water partition coefficient (Wildman–Crippen LogP) is 7.09. The average molecular weight is 487 g/mol. The molecule has 0 amide bonds. The molecule has 1 aliphatic carbocycles. The number of rotatable bonds is 7. The molecule has 0 bridgehead atoms. The van der Waals surface area contributed by atoms with E-state index in [1.54, 1.807) is 30.5 Å². The Morgan fingerprint density at radius 3 is 2.26 bits per heavy atom. The van der Waals surface area contributed by atoms with E-state index in [0.717, 1.165) is 28.8 Å². The second-order valence-electron chi connectivity index (χ2n) is 8.67. The molecule has 6 nitrogen and oxygen atoms in total. The molecular formula is C28H23ClN2O4. The quantitative estimate of drug-likeness (QED) is 0.271. The van der Waals surface area contributed by atoms with Gasteiger partial charge >= 0.3 is 5.97 Å². The van der Waals surface area contributed by atoms with Crippen LogP contribution in [0.2, 0.25) is 5.02 Å². The Kier molecular flexibility index (Phi) is 6.38. The Morgan fingerprint density at radius 2 is 1.57 bits per heavy atom. The van der Waals surface area contributed by atoms with Crippen molar-refractivity contribution < 1.29 is 19.1 Å². The number of carboxylic acid groups (broad SMARTS) is 1. The number of halogens is 1. The first kappa shape index (κ1) is 22.9. The maximum absolute atomic E-state index is 12.9. The second kappa shape index (κ2) is 9.76. The van der Waals surface area contributed by atoms with Crippen LogP contribution in [-0.2, 0) is 4.79 Å². The Morgan fingerprint density at radius 1 is 0.914 bits per heavy atom. The minimum absolute atomic E-state index is 0.0793. The third-order valence-electron chi connectivity index (χ3n) is 6.42. The lowest BCUT2D eigenvalue weighted by Gasteiger charge is -2.14. The highest BCUT2D eigenvalue weighted by atomic mass is 35.5. The molecule has 0 saturated heterocycles. The van der Waals surface area contributed by atoms with Crippen LogP contribution in [0.3, 0.4) is 0 Å². The third-order valence-corrected chi connectivity index (χ3v) is 6.66. The zero-order valence-electron chi connectivity index (χ0n) is 18.8. The van der Waals surface area contributed by atoms with Gasteiger partial charge in [-0.2, -0.15) is 0 Å². The average Bonchev–Trinajstić information content (AvgIpc) is 3.54. The highest BCUT2D eigenvalue weighted by Crippen LogP contribution is 2.35. The Balaban J connectivity index is 1.27. The smallest absolute Gasteiger partial charge is 0.307 e. The molecule has 1 saturated carbocycles. The summed E-state index contributed by atoms with van der Waals surface area (Å²) in [6, 6.07) is 22.9. The third kappa shape index (κ3) is 4.98. The number of benzene rings is 3. The summed E-state index contributed by atoms with van der Waals surface area (Å²) in [5.41, 5.74) is 4.19. The fourth-order valence-corrected chi connectivity index (χ4v) is 4.78. The summed E-state index contributed by atoms with van der Waals surface area (Å²) in [4.78, 5) is 28.6. The van der Waals surface area contributed by atoms with Crippen molar-refractivity contribution in [2.24, 2.45) is 11.8 Å². The molecule has 0 radical (unpaired) electrons. The van der Waals surface area contributed by atoms with Crippen molar-refractivity contribution in [1.82, 2.24) is 4.98 Å². The van der Waals surface area contributed by atoms with Gasteiger partial charge in [-0.15, -0.1) is 0 Å². The number of Topliss-reactive ketones (excluding diaryl/α,β-unsaturated/α-hetero) is 1. The first-order valence-electron chi connectivity index (χ1n) is 11.4. The number of anilines is 2. The summed E-state index contributed by atoms with van der Waals surface area (Å²) in [6.07, 6.45) is 3.65. The predicted molar refractivity (Wildman–Crippen MR) is 135 cm³/mol. The standard InChI is InChI=1S/C28H23ClN2O4/c29-21-3-1-4-22(15-21)31-28-30-16-25(35-28)19-11-7-17(8-12-19)18-9-13-20(14-10-18)26(32)23-5-2-6-24(23)27(33)34/h1,3-4,7-16,23-24H,2,5-6H2,(H,30,31)(H,33,34). The van der Waals surface area contributed by atoms with Crippen molar-refractivity contribution in [3.05, 3.63) is 89.6 Å². The lowest BCUT2D eigenvalue weighted by atomic mass is 9.88. The summed E-state index contributed by atoms with van der Waals surface area (Å²) < 4.78 is 5.83. The number of hydrogen-bond donors (Lipinski definition) is 2. The van der Waals surface area contributed by atoms with Crippen LogP contribution in [-0.4, -0.2) is 21.8 Å². The highest BCUT2D eigenvalue weighted by Gasteiger charge is 2.37. The second-order valence-corrected chi connectivity index (χ2v) is 9.10. The van der Waals surface area contributed by atoms with Crippen LogP contribution in [0.15, 0.2) is 83.4 Å². The molecule has 5 rings (SSSR count). The van der Waals surface area contributed by atoms with Crippen LogP contribution >= 0.6 is 11.6 Å². The van der Waals surface area contributed by atoms with Gasteiger partial charge in [0, 0.05) is 27.8 Å². The topological polar surface area (TPSA) is 92.4 Å². The number of carboxylic acids is 1. The van der Waals surface area contributed by atoms with Crippen LogP contribution < -0.4 is 5.32 Å². The van der Waals surface area contributed by atoms with Crippen molar-refractivity contribution in [2.45, 2.75) is 19.3 Å². The Bertz CT molecular complexity index is 1360. The Labute approximate surface area is 207 Å². The van der Waals surface area contributed by atoms with Crippen LogP contribution in [0, 0.1) is 11.8 Å². The molecule has 4 aromatic rings. The van der Waals surface area contributed by atoms with E-state index in [4.69, 9.17) is 16.0 Å². The first-order valence-corrected chi connectivity index (χ1v) is 11.8. The van der Waals surface area contributed by atoms with Crippen molar-refractivity contribution in [3.63, 3.8) is 0 Å². The molecule has 0 spiro atoms. The first-order chi connectivity index (χ1) is 17.0. The normalized spacial score (nSPS) is 17.3. The zero-order chi connectivity index (χ0) is 24.4. The molecule has 1 aromatic heterocycles. The number of hydrogen-bond acceptors (Lipinski definition) is 5. The lowest BCUT2D eigenvalue weighted by molar-refractivity contribution is -0.142. The van der Waals surface area contributed by atoms with E-state index < -0.39 is 17.8 Å². The van der Waals surface area contributed by atoms with Gasteiger partial charge in [-0.1, -0.05) is 72.6 Å². The number of aliphatic carboxylic acids is 1. The molecule has 35 heavy (non-hydrogen) atoms. The number of nitrogens with one attached hydrogen (secondary N) is 1. The van der Waals surface area contributed by atoms with Gasteiger partial charge in [0.15, 0.2) is 11.5 Å². The fraction of sp³-hybridized carbons (Fsp3) is 0.179.